The van der Waals surface area contributed by atoms with Gasteiger partial charge < -0.3 is 20.4 Å². The number of rotatable bonds is 1. The van der Waals surface area contributed by atoms with Gasteiger partial charge in [-0.25, -0.2) is 0 Å². The van der Waals surface area contributed by atoms with Gasteiger partial charge in [-0.15, -0.1) is 0 Å². The number of likely N-dealkylation sites (N-methyl/N-ethyl adjacent to an activating group) is 1. The van der Waals surface area contributed by atoms with Crippen LogP contribution in [-0.4, -0.2) is 74.0 Å². The van der Waals surface area contributed by atoms with Crippen molar-refractivity contribution in [3.8, 4) is 0 Å². The van der Waals surface area contributed by atoms with Crippen LogP contribution in [0.3, 0.4) is 0 Å². The third kappa shape index (κ3) is 2.95. The Morgan fingerprint density at radius 1 is 1.35 bits per heavy atom. The maximum absolute atomic E-state index is 12.2. The lowest BCUT2D eigenvalue weighted by molar-refractivity contribution is -0.139. The van der Waals surface area contributed by atoms with E-state index in [0.29, 0.717) is 13.1 Å². The van der Waals surface area contributed by atoms with Crippen molar-refractivity contribution in [3.05, 3.63) is 0 Å². The first-order chi connectivity index (χ1) is 8.18. The molecule has 2 amide bonds. The summed E-state index contributed by atoms with van der Waals surface area (Å²) in [5, 5.41) is 6.37. The first kappa shape index (κ1) is 12.3. The minimum Gasteiger partial charge on any atom is -0.344 e. The highest BCUT2D eigenvalue weighted by Crippen LogP contribution is 2.05. The predicted octanol–water partition coefficient (Wildman–Crippen LogP) is -1.76. The zero-order chi connectivity index (χ0) is 12.3. The van der Waals surface area contributed by atoms with Crippen LogP contribution in [0.25, 0.3) is 0 Å². The minimum absolute atomic E-state index is 0.0274. The normalized spacial score (nSPS) is 26.9. The Bertz CT molecular complexity index is 302. The smallest absolute Gasteiger partial charge is 0.241 e. The lowest BCUT2D eigenvalue weighted by Gasteiger charge is -2.29. The van der Waals surface area contributed by atoms with E-state index in [9.17, 15) is 9.59 Å². The second kappa shape index (κ2) is 5.46. The van der Waals surface area contributed by atoms with Crippen LogP contribution < -0.4 is 10.6 Å². The van der Waals surface area contributed by atoms with Gasteiger partial charge in [-0.1, -0.05) is 0 Å². The molecule has 0 radical (unpaired) electrons. The molecule has 2 rings (SSSR count). The van der Waals surface area contributed by atoms with Crippen LogP contribution in [0.4, 0.5) is 0 Å². The zero-order valence-corrected chi connectivity index (χ0v) is 10.2. The fourth-order valence-electron chi connectivity index (χ4n) is 2.22. The average Bonchev–Trinajstić information content (AvgIpc) is 2.52. The van der Waals surface area contributed by atoms with Gasteiger partial charge in [0.15, 0.2) is 0 Å². The summed E-state index contributed by atoms with van der Waals surface area (Å²) in [5.41, 5.74) is 0. The van der Waals surface area contributed by atoms with Crippen molar-refractivity contribution in [1.29, 1.82) is 0 Å². The molecule has 1 atom stereocenters. The highest BCUT2D eigenvalue weighted by atomic mass is 16.2. The standard InChI is InChI=1S/C11H20N4O2/c1-14-5-2-6-15(8-10(14)16)11(17)9-7-12-3-4-13-9/h9,12-13H,2-8H2,1H3. The van der Waals surface area contributed by atoms with Crippen LogP contribution in [0, 0.1) is 0 Å². The van der Waals surface area contributed by atoms with Gasteiger partial charge in [-0.3, -0.25) is 9.59 Å². The zero-order valence-electron chi connectivity index (χ0n) is 10.2. The molecule has 2 saturated heterocycles. The Morgan fingerprint density at radius 3 is 2.88 bits per heavy atom. The summed E-state index contributed by atoms with van der Waals surface area (Å²) in [4.78, 5) is 27.3. The second-order valence-corrected chi connectivity index (χ2v) is 4.64. The van der Waals surface area contributed by atoms with Gasteiger partial charge in [0.1, 0.15) is 0 Å². The van der Waals surface area contributed by atoms with Crippen LogP contribution in [0.1, 0.15) is 6.42 Å². The molecule has 1 unspecified atom stereocenters. The molecular formula is C11H20N4O2. The molecule has 96 valence electrons. The van der Waals surface area contributed by atoms with E-state index >= 15 is 0 Å². The van der Waals surface area contributed by atoms with Crippen molar-refractivity contribution in [2.45, 2.75) is 12.5 Å². The number of amides is 2. The van der Waals surface area contributed by atoms with E-state index in [1.165, 1.54) is 0 Å². The minimum atomic E-state index is -0.181. The molecule has 2 heterocycles. The molecule has 0 spiro atoms. The molecule has 0 aromatic heterocycles. The maximum atomic E-state index is 12.2. The Labute approximate surface area is 101 Å². The van der Waals surface area contributed by atoms with Gasteiger partial charge in [0.05, 0.1) is 12.6 Å². The number of carbonyl (C=O) groups excluding carboxylic acids is 2. The predicted molar refractivity (Wildman–Crippen MR) is 63.5 cm³/mol. The molecular weight excluding hydrogens is 220 g/mol. The van der Waals surface area contributed by atoms with E-state index in [2.05, 4.69) is 10.6 Å². The summed E-state index contributed by atoms with van der Waals surface area (Å²) in [5.74, 6) is 0.0699. The van der Waals surface area contributed by atoms with Crippen molar-refractivity contribution in [2.75, 3.05) is 46.3 Å². The van der Waals surface area contributed by atoms with E-state index in [1.54, 1.807) is 16.8 Å². The van der Waals surface area contributed by atoms with Crippen LogP contribution in [0.2, 0.25) is 0 Å². The molecule has 0 aliphatic carbocycles. The summed E-state index contributed by atoms with van der Waals surface area (Å²) < 4.78 is 0. The fourth-order valence-corrected chi connectivity index (χ4v) is 2.22. The van der Waals surface area contributed by atoms with E-state index in [4.69, 9.17) is 0 Å². The van der Waals surface area contributed by atoms with Crippen molar-refractivity contribution in [3.63, 3.8) is 0 Å². The molecule has 6 nitrogen and oxygen atoms in total. The third-order valence-corrected chi connectivity index (χ3v) is 3.32. The van der Waals surface area contributed by atoms with E-state index in [1.807, 2.05) is 0 Å². The van der Waals surface area contributed by atoms with Crippen LogP contribution in [0.5, 0.6) is 0 Å². The summed E-state index contributed by atoms with van der Waals surface area (Å²) in [6.07, 6.45) is 0.855. The molecule has 0 bridgehead atoms. The van der Waals surface area contributed by atoms with E-state index in [-0.39, 0.29) is 24.4 Å². The molecule has 2 aliphatic heterocycles. The van der Waals surface area contributed by atoms with Gasteiger partial charge in [0.25, 0.3) is 0 Å². The Hall–Kier alpha value is -1.14. The molecule has 0 saturated carbocycles. The van der Waals surface area contributed by atoms with Gasteiger partial charge in [0.2, 0.25) is 11.8 Å². The number of nitrogens with one attached hydrogen (secondary N) is 2. The number of hydrogen-bond acceptors (Lipinski definition) is 4. The monoisotopic (exact) mass is 240 g/mol. The van der Waals surface area contributed by atoms with Crippen LogP contribution >= 0.6 is 0 Å². The van der Waals surface area contributed by atoms with Crippen molar-refractivity contribution >= 4 is 11.8 Å². The SMILES string of the molecule is CN1CCCN(C(=O)C2CNCCN2)CC1=O. The molecule has 17 heavy (non-hydrogen) atoms. The number of hydrogen-bond donors (Lipinski definition) is 2. The fraction of sp³-hybridized carbons (Fsp3) is 0.818. The Morgan fingerprint density at radius 2 is 2.18 bits per heavy atom. The largest absolute Gasteiger partial charge is 0.344 e. The topological polar surface area (TPSA) is 64.7 Å². The summed E-state index contributed by atoms with van der Waals surface area (Å²) in [6, 6.07) is -0.181. The molecule has 2 fully saturated rings. The molecule has 0 aromatic rings. The third-order valence-electron chi connectivity index (χ3n) is 3.32. The highest BCUT2D eigenvalue weighted by Gasteiger charge is 2.28. The highest BCUT2D eigenvalue weighted by molar-refractivity contribution is 5.88. The lowest BCUT2D eigenvalue weighted by Crippen LogP contribution is -2.57. The lowest BCUT2D eigenvalue weighted by atomic mass is 10.2. The van der Waals surface area contributed by atoms with Gasteiger partial charge in [-0.05, 0) is 6.42 Å². The van der Waals surface area contributed by atoms with Gasteiger partial charge in [-0.2, -0.15) is 0 Å². The number of piperazine rings is 1. The summed E-state index contributed by atoms with van der Waals surface area (Å²) >= 11 is 0. The van der Waals surface area contributed by atoms with Crippen LogP contribution in [0.15, 0.2) is 0 Å². The van der Waals surface area contributed by atoms with E-state index in [0.717, 1.165) is 26.1 Å². The summed E-state index contributed by atoms with van der Waals surface area (Å²) in [7, 11) is 1.79. The maximum Gasteiger partial charge on any atom is 0.241 e. The van der Waals surface area contributed by atoms with E-state index < -0.39 is 0 Å². The average molecular weight is 240 g/mol. The molecule has 2 N–H and O–H groups in total. The molecule has 6 heteroatoms. The van der Waals surface area contributed by atoms with Gasteiger partial charge in [0, 0.05) is 39.8 Å². The Balaban J connectivity index is 1.95. The number of carbonyl (C=O) groups is 2. The first-order valence-electron chi connectivity index (χ1n) is 6.15. The molecule has 0 aromatic carbocycles. The summed E-state index contributed by atoms with van der Waals surface area (Å²) in [6.45, 7) is 3.97. The van der Waals surface area contributed by atoms with Crippen molar-refractivity contribution < 1.29 is 9.59 Å². The number of nitrogens with zero attached hydrogens (tertiary/aromatic N) is 2. The quantitative estimate of drug-likeness (QED) is 0.570. The first-order valence-corrected chi connectivity index (χ1v) is 6.15. The van der Waals surface area contributed by atoms with Gasteiger partial charge >= 0.3 is 0 Å². The Kier molecular flexibility index (Phi) is 3.96. The second-order valence-electron chi connectivity index (χ2n) is 4.64. The molecule has 2 aliphatic rings. The van der Waals surface area contributed by atoms with Crippen molar-refractivity contribution in [2.24, 2.45) is 0 Å². The van der Waals surface area contributed by atoms with Crippen molar-refractivity contribution in [1.82, 2.24) is 20.4 Å². The van der Waals surface area contributed by atoms with Crippen LogP contribution in [-0.2, 0) is 9.59 Å².